The summed E-state index contributed by atoms with van der Waals surface area (Å²) in [6.45, 7) is 5.64. The van der Waals surface area contributed by atoms with Crippen LogP contribution in [0.2, 0.25) is 0 Å². The summed E-state index contributed by atoms with van der Waals surface area (Å²) in [5, 5.41) is 12.4. The second-order valence-corrected chi connectivity index (χ2v) is 6.79. The number of anilines is 4. The normalized spacial score (nSPS) is 13.9. The number of piperazine rings is 1. The van der Waals surface area contributed by atoms with Crippen LogP contribution in [0.15, 0.2) is 60.7 Å². The fourth-order valence-electron chi connectivity index (χ4n) is 3.42. The van der Waals surface area contributed by atoms with Crippen LogP contribution in [0.4, 0.5) is 23.0 Å². The molecule has 1 saturated heterocycles. The second kappa shape index (κ2) is 7.97. The van der Waals surface area contributed by atoms with Gasteiger partial charge in [0.2, 0.25) is 0 Å². The smallest absolute Gasteiger partial charge is 0.136 e. The first kappa shape index (κ1) is 17.8. The van der Waals surface area contributed by atoms with E-state index in [0.29, 0.717) is 5.56 Å². The fourth-order valence-corrected chi connectivity index (χ4v) is 3.42. The Kier molecular flexibility index (Phi) is 5.07. The molecule has 2 heterocycles. The lowest BCUT2D eigenvalue weighted by atomic mass is 10.2. The number of nitriles is 1. The maximum Gasteiger partial charge on any atom is 0.136 e. The Bertz CT molecular complexity index is 987. The van der Waals surface area contributed by atoms with E-state index in [1.807, 2.05) is 37.3 Å². The Morgan fingerprint density at radius 2 is 1.64 bits per heavy atom. The van der Waals surface area contributed by atoms with Gasteiger partial charge in [-0.05, 0) is 37.3 Å². The van der Waals surface area contributed by atoms with E-state index in [9.17, 15) is 0 Å². The third-order valence-corrected chi connectivity index (χ3v) is 4.81. The minimum Gasteiger partial charge on any atom is -0.368 e. The SMILES string of the molecule is Cc1nc(Nc2cccc(C#N)c2)cc(N2CCN(c3ccccc3)CC2)n1. The van der Waals surface area contributed by atoms with E-state index in [-0.39, 0.29) is 0 Å². The highest BCUT2D eigenvalue weighted by molar-refractivity contribution is 5.61. The summed E-state index contributed by atoms with van der Waals surface area (Å²) in [6.07, 6.45) is 0. The molecular weight excluding hydrogens is 348 g/mol. The molecular formula is C22H22N6. The van der Waals surface area contributed by atoms with Gasteiger partial charge in [0.15, 0.2) is 0 Å². The van der Waals surface area contributed by atoms with E-state index in [0.717, 1.165) is 49.3 Å². The highest BCUT2D eigenvalue weighted by Gasteiger charge is 2.19. The number of nitrogens with one attached hydrogen (secondary N) is 1. The van der Waals surface area contributed by atoms with Gasteiger partial charge >= 0.3 is 0 Å². The number of hydrogen-bond donors (Lipinski definition) is 1. The topological polar surface area (TPSA) is 68.1 Å². The molecule has 3 aromatic rings. The molecule has 140 valence electrons. The molecule has 1 aromatic heterocycles. The highest BCUT2D eigenvalue weighted by atomic mass is 15.3. The Morgan fingerprint density at radius 3 is 2.39 bits per heavy atom. The van der Waals surface area contributed by atoms with E-state index in [2.05, 4.69) is 55.4 Å². The standard InChI is InChI=1S/C22H22N6/c1-17-24-21(26-19-7-5-6-18(14-19)16-23)15-22(25-17)28-12-10-27(11-13-28)20-8-3-2-4-9-20/h2-9,14-15H,10-13H2,1H3,(H,24,25,26). The zero-order valence-electron chi connectivity index (χ0n) is 15.8. The quantitative estimate of drug-likeness (QED) is 0.755. The molecule has 1 fully saturated rings. The Balaban J connectivity index is 1.48. The summed E-state index contributed by atoms with van der Waals surface area (Å²) < 4.78 is 0. The Labute approximate surface area is 165 Å². The molecule has 0 bridgehead atoms. The van der Waals surface area contributed by atoms with Crippen molar-refractivity contribution in [2.75, 3.05) is 41.3 Å². The van der Waals surface area contributed by atoms with E-state index >= 15 is 0 Å². The van der Waals surface area contributed by atoms with E-state index in [4.69, 9.17) is 5.26 Å². The van der Waals surface area contributed by atoms with Crippen LogP contribution in [0.1, 0.15) is 11.4 Å². The number of benzene rings is 2. The zero-order chi connectivity index (χ0) is 19.3. The summed E-state index contributed by atoms with van der Waals surface area (Å²) >= 11 is 0. The summed E-state index contributed by atoms with van der Waals surface area (Å²) in [5.41, 5.74) is 2.73. The van der Waals surface area contributed by atoms with Gasteiger partial charge in [-0.15, -0.1) is 0 Å². The van der Waals surface area contributed by atoms with Gasteiger partial charge in [-0.2, -0.15) is 5.26 Å². The average Bonchev–Trinajstić information content (AvgIpc) is 2.74. The van der Waals surface area contributed by atoms with Crippen molar-refractivity contribution >= 4 is 23.0 Å². The van der Waals surface area contributed by atoms with Crippen molar-refractivity contribution in [1.29, 1.82) is 5.26 Å². The zero-order valence-corrected chi connectivity index (χ0v) is 15.8. The molecule has 1 aliphatic heterocycles. The van der Waals surface area contributed by atoms with Crippen molar-refractivity contribution in [2.45, 2.75) is 6.92 Å². The van der Waals surface area contributed by atoms with Crippen LogP contribution in [0.5, 0.6) is 0 Å². The summed E-state index contributed by atoms with van der Waals surface area (Å²) in [7, 11) is 0. The number of aryl methyl sites for hydroxylation is 1. The monoisotopic (exact) mass is 370 g/mol. The average molecular weight is 370 g/mol. The molecule has 2 aromatic carbocycles. The Morgan fingerprint density at radius 1 is 0.893 bits per heavy atom. The molecule has 4 rings (SSSR count). The molecule has 6 nitrogen and oxygen atoms in total. The third-order valence-electron chi connectivity index (χ3n) is 4.81. The van der Waals surface area contributed by atoms with Crippen LogP contribution < -0.4 is 15.1 Å². The van der Waals surface area contributed by atoms with Crippen molar-refractivity contribution in [1.82, 2.24) is 9.97 Å². The molecule has 0 aliphatic carbocycles. The number of para-hydroxylation sites is 1. The fraction of sp³-hybridized carbons (Fsp3) is 0.227. The van der Waals surface area contributed by atoms with E-state index < -0.39 is 0 Å². The lowest BCUT2D eigenvalue weighted by Crippen LogP contribution is -2.46. The molecule has 1 N–H and O–H groups in total. The molecule has 0 amide bonds. The summed E-state index contributed by atoms with van der Waals surface area (Å²) in [5.74, 6) is 2.39. The van der Waals surface area contributed by atoms with Crippen molar-refractivity contribution in [3.63, 3.8) is 0 Å². The van der Waals surface area contributed by atoms with E-state index in [1.54, 1.807) is 6.07 Å². The van der Waals surface area contributed by atoms with Gasteiger partial charge in [-0.3, -0.25) is 0 Å². The van der Waals surface area contributed by atoms with E-state index in [1.165, 1.54) is 5.69 Å². The molecule has 0 unspecified atom stereocenters. The molecule has 1 aliphatic rings. The number of hydrogen-bond acceptors (Lipinski definition) is 6. The molecule has 0 saturated carbocycles. The predicted octanol–water partition coefficient (Wildman–Crippen LogP) is 3.73. The number of aromatic nitrogens is 2. The van der Waals surface area contributed by atoms with Crippen molar-refractivity contribution in [3.05, 3.63) is 72.1 Å². The minimum atomic E-state index is 0.619. The first-order valence-corrected chi connectivity index (χ1v) is 9.39. The van der Waals surface area contributed by atoms with Crippen molar-refractivity contribution < 1.29 is 0 Å². The van der Waals surface area contributed by atoms with Crippen LogP contribution in [0.3, 0.4) is 0 Å². The molecule has 6 heteroatoms. The number of rotatable bonds is 4. The van der Waals surface area contributed by atoms with Gasteiger partial charge in [0, 0.05) is 43.6 Å². The molecule has 0 atom stereocenters. The third kappa shape index (κ3) is 4.04. The summed E-state index contributed by atoms with van der Waals surface area (Å²) in [4.78, 5) is 13.8. The van der Waals surface area contributed by atoms with Crippen LogP contribution in [-0.4, -0.2) is 36.1 Å². The van der Waals surface area contributed by atoms with Gasteiger partial charge in [-0.25, -0.2) is 9.97 Å². The van der Waals surface area contributed by atoms with Crippen LogP contribution in [0, 0.1) is 18.3 Å². The predicted molar refractivity (Wildman–Crippen MR) is 112 cm³/mol. The largest absolute Gasteiger partial charge is 0.368 e. The molecule has 0 spiro atoms. The van der Waals surface area contributed by atoms with Crippen molar-refractivity contribution in [3.8, 4) is 6.07 Å². The van der Waals surface area contributed by atoms with Crippen LogP contribution in [-0.2, 0) is 0 Å². The van der Waals surface area contributed by atoms with Gasteiger partial charge in [0.05, 0.1) is 11.6 Å². The van der Waals surface area contributed by atoms with Gasteiger partial charge < -0.3 is 15.1 Å². The first-order chi connectivity index (χ1) is 13.7. The summed E-state index contributed by atoms with van der Waals surface area (Å²) in [6, 6.07) is 22.0. The highest BCUT2D eigenvalue weighted by Crippen LogP contribution is 2.23. The Hall–Kier alpha value is -3.59. The molecule has 0 radical (unpaired) electrons. The maximum atomic E-state index is 9.08. The molecule has 28 heavy (non-hydrogen) atoms. The first-order valence-electron chi connectivity index (χ1n) is 9.39. The van der Waals surface area contributed by atoms with Gasteiger partial charge in [0.1, 0.15) is 17.5 Å². The lowest BCUT2D eigenvalue weighted by molar-refractivity contribution is 0.646. The van der Waals surface area contributed by atoms with Gasteiger partial charge in [-0.1, -0.05) is 24.3 Å². The van der Waals surface area contributed by atoms with Crippen LogP contribution in [0.25, 0.3) is 0 Å². The number of nitrogens with zero attached hydrogens (tertiary/aromatic N) is 5. The van der Waals surface area contributed by atoms with Gasteiger partial charge in [0.25, 0.3) is 0 Å². The second-order valence-electron chi connectivity index (χ2n) is 6.79. The van der Waals surface area contributed by atoms with Crippen LogP contribution >= 0.6 is 0 Å². The minimum absolute atomic E-state index is 0.619. The maximum absolute atomic E-state index is 9.08. The van der Waals surface area contributed by atoms with Crippen molar-refractivity contribution in [2.24, 2.45) is 0 Å². The lowest BCUT2D eigenvalue weighted by Gasteiger charge is -2.36.